The molecular formula is C13H21N3O2. The van der Waals surface area contributed by atoms with Gasteiger partial charge in [-0.25, -0.2) is 0 Å². The van der Waals surface area contributed by atoms with Crippen LogP contribution in [0.15, 0.2) is 4.52 Å². The maximum absolute atomic E-state index is 5.89. The van der Waals surface area contributed by atoms with Crippen molar-refractivity contribution in [3.63, 3.8) is 0 Å². The quantitative estimate of drug-likeness (QED) is 0.885. The molecule has 1 saturated heterocycles. The first kappa shape index (κ1) is 12.1. The smallest absolute Gasteiger partial charge is 0.240 e. The lowest BCUT2D eigenvalue weighted by molar-refractivity contribution is -0.193. The summed E-state index contributed by atoms with van der Waals surface area (Å²) in [5.41, 5.74) is 0.195. The fourth-order valence-electron chi connectivity index (χ4n) is 3.55. The van der Waals surface area contributed by atoms with Gasteiger partial charge in [-0.3, -0.25) is 0 Å². The van der Waals surface area contributed by atoms with Gasteiger partial charge in [0.25, 0.3) is 0 Å². The fourth-order valence-corrected chi connectivity index (χ4v) is 3.55. The van der Waals surface area contributed by atoms with Crippen LogP contribution in [0.1, 0.15) is 38.4 Å². The third-order valence-corrected chi connectivity index (χ3v) is 4.37. The molecule has 18 heavy (non-hydrogen) atoms. The Labute approximate surface area is 107 Å². The first-order valence-corrected chi connectivity index (χ1v) is 6.73. The lowest BCUT2D eigenvalue weighted by Gasteiger charge is -2.60. The maximum atomic E-state index is 5.89. The average molecular weight is 251 g/mol. The summed E-state index contributed by atoms with van der Waals surface area (Å²) in [6.45, 7) is 7.95. The molecule has 1 aliphatic heterocycles. The summed E-state index contributed by atoms with van der Waals surface area (Å²) in [7, 11) is 0. The van der Waals surface area contributed by atoms with Gasteiger partial charge in [-0.05, 0) is 19.8 Å². The summed E-state index contributed by atoms with van der Waals surface area (Å²) in [6, 6.07) is 0.481. The molecule has 3 atom stereocenters. The zero-order chi connectivity index (χ0) is 12.8. The van der Waals surface area contributed by atoms with Crippen molar-refractivity contribution in [2.45, 2.75) is 52.3 Å². The molecule has 1 aliphatic carbocycles. The Morgan fingerprint density at radius 2 is 2.28 bits per heavy atom. The number of fused-ring (bicyclic) bond motifs is 1. The van der Waals surface area contributed by atoms with Crippen LogP contribution in [0.5, 0.6) is 0 Å². The predicted octanol–water partition coefficient (Wildman–Crippen LogP) is 1.67. The van der Waals surface area contributed by atoms with Gasteiger partial charge in [0.1, 0.15) is 0 Å². The molecule has 2 heterocycles. The average Bonchev–Trinajstić information content (AvgIpc) is 2.75. The minimum absolute atomic E-state index is 0.195. The Bertz CT molecular complexity index is 430. The van der Waals surface area contributed by atoms with E-state index in [1.54, 1.807) is 0 Å². The molecule has 0 amide bonds. The van der Waals surface area contributed by atoms with E-state index in [-0.39, 0.29) is 5.41 Å². The van der Waals surface area contributed by atoms with Gasteiger partial charge < -0.3 is 14.6 Å². The van der Waals surface area contributed by atoms with Crippen LogP contribution >= 0.6 is 0 Å². The van der Waals surface area contributed by atoms with Gasteiger partial charge in [0.2, 0.25) is 5.89 Å². The molecule has 0 radical (unpaired) electrons. The number of hydrogen-bond acceptors (Lipinski definition) is 5. The van der Waals surface area contributed by atoms with E-state index in [4.69, 9.17) is 9.26 Å². The molecule has 0 aromatic carbocycles. The molecule has 5 heteroatoms. The molecule has 2 fully saturated rings. The van der Waals surface area contributed by atoms with E-state index in [1.165, 1.54) is 12.8 Å². The van der Waals surface area contributed by atoms with Gasteiger partial charge in [-0.2, -0.15) is 4.98 Å². The Hall–Kier alpha value is -0.940. The van der Waals surface area contributed by atoms with Crippen molar-refractivity contribution in [1.82, 2.24) is 15.5 Å². The van der Waals surface area contributed by atoms with Crippen LogP contribution in [-0.4, -0.2) is 28.9 Å². The molecule has 0 bridgehead atoms. The highest BCUT2D eigenvalue weighted by atomic mass is 16.5. The first-order valence-electron chi connectivity index (χ1n) is 6.73. The normalized spacial score (nSPS) is 33.8. The van der Waals surface area contributed by atoms with Crippen LogP contribution in [0.4, 0.5) is 0 Å². The molecule has 100 valence electrons. The Morgan fingerprint density at radius 1 is 1.44 bits per heavy atom. The second-order valence-electron chi connectivity index (χ2n) is 6.01. The maximum Gasteiger partial charge on any atom is 0.240 e. The van der Waals surface area contributed by atoms with Crippen LogP contribution in [0.25, 0.3) is 0 Å². The van der Waals surface area contributed by atoms with Crippen molar-refractivity contribution in [1.29, 1.82) is 0 Å². The molecule has 1 N–H and O–H groups in total. The monoisotopic (exact) mass is 251 g/mol. The van der Waals surface area contributed by atoms with Crippen molar-refractivity contribution in [2.75, 3.05) is 6.61 Å². The van der Waals surface area contributed by atoms with E-state index in [0.29, 0.717) is 36.3 Å². The van der Waals surface area contributed by atoms with E-state index in [0.717, 1.165) is 6.61 Å². The molecule has 1 aromatic rings. The number of hydrogen-bond donors (Lipinski definition) is 1. The molecule has 5 nitrogen and oxygen atoms in total. The summed E-state index contributed by atoms with van der Waals surface area (Å²) in [6.07, 6.45) is 2.84. The van der Waals surface area contributed by atoms with E-state index in [1.807, 2.05) is 6.92 Å². The van der Waals surface area contributed by atoms with Crippen molar-refractivity contribution < 1.29 is 9.26 Å². The molecule has 1 aromatic heterocycles. The van der Waals surface area contributed by atoms with Gasteiger partial charge in [-0.1, -0.05) is 19.0 Å². The highest BCUT2D eigenvalue weighted by Crippen LogP contribution is 2.51. The van der Waals surface area contributed by atoms with Gasteiger partial charge >= 0.3 is 0 Å². The number of aryl methyl sites for hydroxylation is 1. The second kappa shape index (κ2) is 4.31. The van der Waals surface area contributed by atoms with Gasteiger partial charge in [0.05, 0.1) is 12.6 Å². The lowest BCUT2D eigenvalue weighted by atomic mass is 9.55. The fraction of sp³-hybridized carbons (Fsp3) is 0.846. The number of nitrogens with zero attached hydrogens (tertiary/aromatic N) is 2. The molecule has 0 spiro atoms. The first-order chi connectivity index (χ1) is 8.59. The Balaban J connectivity index is 1.62. The largest absolute Gasteiger partial charge is 0.377 e. The summed E-state index contributed by atoms with van der Waals surface area (Å²) in [4.78, 5) is 4.22. The van der Waals surface area contributed by atoms with Crippen molar-refractivity contribution in [2.24, 2.45) is 11.3 Å². The second-order valence-corrected chi connectivity index (χ2v) is 6.01. The van der Waals surface area contributed by atoms with Crippen molar-refractivity contribution >= 4 is 0 Å². The highest BCUT2D eigenvalue weighted by molar-refractivity contribution is 5.10. The number of nitrogens with one attached hydrogen (secondary N) is 1. The summed E-state index contributed by atoms with van der Waals surface area (Å²) >= 11 is 0. The molecule has 2 aliphatic rings. The summed E-state index contributed by atoms with van der Waals surface area (Å²) in [5, 5.41) is 7.37. The minimum Gasteiger partial charge on any atom is -0.377 e. The van der Waals surface area contributed by atoms with E-state index < -0.39 is 0 Å². The van der Waals surface area contributed by atoms with Crippen LogP contribution < -0.4 is 5.32 Å². The van der Waals surface area contributed by atoms with Crippen LogP contribution in [0.2, 0.25) is 0 Å². The number of ether oxygens (including phenoxy) is 1. The van der Waals surface area contributed by atoms with Gasteiger partial charge in [0.15, 0.2) is 5.82 Å². The zero-order valence-corrected chi connectivity index (χ0v) is 11.3. The standard InChI is InChI=1S/C13H21N3O2/c1-8-15-10(18-16-8)7-14-11-9-5-4-6-17-12(9)13(11,2)3/h9,11-12,14H,4-7H2,1-3H3. The van der Waals surface area contributed by atoms with Crippen molar-refractivity contribution in [3.8, 4) is 0 Å². The molecule has 3 rings (SSSR count). The Kier molecular flexibility index (Phi) is 2.90. The van der Waals surface area contributed by atoms with Gasteiger partial charge in [0, 0.05) is 24.0 Å². The van der Waals surface area contributed by atoms with Crippen LogP contribution in [-0.2, 0) is 11.3 Å². The molecular weight excluding hydrogens is 230 g/mol. The van der Waals surface area contributed by atoms with Crippen molar-refractivity contribution in [3.05, 3.63) is 11.7 Å². The van der Waals surface area contributed by atoms with E-state index in [9.17, 15) is 0 Å². The predicted molar refractivity (Wildman–Crippen MR) is 65.9 cm³/mol. The lowest BCUT2D eigenvalue weighted by Crippen LogP contribution is -2.69. The molecule has 1 saturated carbocycles. The summed E-state index contributed by atoms with van der Waals surface area (Å²) < 4.78 is 11.0. The molecule has 3 unspecified atom stereocenters. The van der Waals surface area contributed by atoms with Crippen LogP contribution in [0.3, 0.4) is 0 Å². The SMILES string of the molecule is Cc1noc(CNC2C3CCCOC3C2(C)C)n1. The van der Waals surface area contributed by atoms with Crippen LogP contribution in [0, 0.1) is 18.3 Å². The van der Waals surface area contributed by atoms with E-state index >= 15 is 0 Å². The third-order valence-electron chi connectivity index (χ3n) is 4.37. The highest BCUT2D eigenvalue weighted by Gasteiger charge is 2.57. The minimum atomic E-state index is 0.195. The number of aromatic nitrogens is 2. The third kappa shape index (κ3) is 1.86. The van der Waals surface area contributed by atoms with Gasteiger partial charge in [-0.15, -0.1) is 0 Å². The number of rotatable bonds is 3. The summed E-state index contributed by atoms with van der Waals surface area (Å²) in [5.74, 6) is 2.00. The Morgan fingerprint density at radius 3 is 3.00 bits per heavy atom. The topological polar surface area (TPSA) is 60.2 Å². The van der Waals surface area contributed by atoms with E-state index in [2.05, 4.69) is 29.3 Å². The zero-order valence-electron chi connectivity index (χ0n) is 11.3.